The minimum Gasteiger partial charge on any atom is -0.480 e. The van der Waals surface area contributed by atoms with Crippen LogP contribution in [0.1, 0.15) is 6.42 Å². The first kappa shape index (κ1) is 13.7. The monoisotopic (exact) mass is 286 g/mol. The lowest BCUT2D eigenvalue weighted by atomic mass is 10.0. The number of hydrogen-bond acceptors (Lipinski definition) is 6. The Morgan fingerprint density at radius 1 is 1.47 bits per heavy atom. The Balaban J connectivity index is 2.19. The summed E-state index contributed by atoms with van der Waals surface area (Å²) in [7, 11) is -3.78. The summed E-state index contributed by atoms with van der Waals surface area (Å²) in [6.45, 7) is 0.578. The SMILES string of the molecule is NC1(C(=O)O)CCN(c2ccc(S(N)(=O)=O)cn2)C1. The van der Waals surface area contributed by atoms with Crippen LogP contribution in [0.2, 0.25) is 0 Å². The fourth-order valence-electron chi connectivity index (χ4n) is 1.93. The van der Waals surface area contributed by atoms with Gasteiger partial charge < -0.3 is 15.7 Å². The second kappa shape index (κ2) is 4.44. The Labute approximate surface area is 110 Å². The van der Waals surface area contributed by atoms with Crippen molar-refractivity contribution in [2.45, 2.75) is 16.9 Å². The first-order chi connectivity index (χ1) is 8.72. The molecule has 104 valence electrons. The number of carbonyl (C=O) groups is 1. The Morgan fingerprint density at radius 2 is 2.16 bits per heavy atom. The summed E-state index contributed by atoms with van der Waals surface area (Å²) in [6.07, 6.45) is 1.45. The molecule has 1 aromatic heterocycles. The summed E-state index contributed by atoms with van der Waals surface area (Å²) in [4.78, 5) is 16.6. The van der Waals surface area contributed by atoms with Gasteiger partial charge in [0, 0.05) is 19.3 Å². The van der Waals surface area contributed by atoms with Crippen LogP contribution >= 0.6 is 0 Å². The average molecular weight is 286 g/mol. The molecule has 2 rings (SSSR count). The molecule has 2 heterocycles. The van der Waals surface area contributed by atoms with Gasteiger partial charge in [-0.2, -0.15) is 0 Å². The number of rotatable bonds is 3. The molecule has 1 unspecified atom stereocenters. The van der Waals surface area contributed by atoms with Crippen molar-refractivity contribution in [3.8, 4) is 0 Å². The number of anilines is 1. The van der Waals surface area contributed by atoms with Crippen LogP contribution in [-0.4, -0.2) is 43.1 Å². The van der Waals surface area contributed by atoms with E-state index in [1.807, 2.05) is 0 Å². The predicted octanol–water partition coefficient (Wildman–Crippen LogP) is -1.28. The van der Waals surface area contributed by atoms with Gasteiger partial charge in [0.2, 0.25) is 10.0 Å². The number of aromatic nitrogens is 1. The molecule has 1 aliphatic heterocycles. The Morgan fingerprint density at radius 3 is 2.58 bits per heavy atom. The number of nitrogens with two attached hydrogens (primary N) is 2. The Hall–Kier alpha value is -1.71. The molecule has 1 saturated heterocycles. The summed E-state index contributed by atoms with van der Waals surface area (Å²) < 4.78 is 22.2. The van der Waals surface area contributed by atoms with E-state index in [0.29, 0.717) is 18.8 Å². The molecule has 5 N–H and O–H groups in total. The van der Waals surface area contributed by atoms with Crippen molar-refractivity contribution >= 4 is 21.8 Å². The highest BCUT2D eigenvalue weighted by Crippen LogP contribution is 2.24. The third-order valence-electron chi connectivity index (χ3n) is 3.10. The van der Waals surface area contributed by atoms with E-state index in [0.717, 1.165) is 6.20 Å². The van der Waals surface area contributed by atoms with Crippen molar-refractivity contribution in [1.29, 1.82) is 0 Å². The number of hydrogen-bond donors (Lipinski definition) is 3. The maximum atomic E-state index is 11.1. The first-order valence-corrected chi connectivity index (χ1v) is 7.03. The second-order valence-electron chi connectivity index (χ2n) is 4.53. The lowest BCUT2D eigenvalue weighted by Crippen LogP contribution is -2.50. The highest BCUT2D eigenvalue weighted by molar-refractivity contribution is 7.89. The van der Waals surface area contributed by atoms with Gasteiger partial charge in [-0.15, -0.1) is 0 Å². The number of sulfonamides is 1. The van der Waals surface area contributed by atoms with E-state index in [4.69, 9.17) is 16.0 Å². The zero-order chi connectivity index (χ0) is 14.3. The largest absolute Gasteiger partial charge is 0.480 e. The summed E-state index contributed by atoms with van der Waals surface area (Å²) in [6, 6.07) is 2.81. The minimum atomic E-state index is -3.78. The number of carboxylic acid groups (broad SMARTS) is 1. The van der Waals surface area contributed by atoms with Gasteiger partial charge in [-0.3, -0.25) is 4.79 Å². The zero-order valence-electron chi connectivity index (χ0n) is 9.98. The van der Waals surface area contributed by atoms with E-state index < -0.39 is 21.5 Å². The van der Waals surface area contributed by atoms with Crippen molar-refractivity contribution in [3.63, 3.8) is 0 Å². The highest BCUT2D eigenvalue weighted by Gasteiger charge is 2.41. The fourth-order valence-corrected chi connectivity index (χ4v) is 2.39. The molecule has 9 heteroatoms. The normalized spacial score (nSPS) is 23.6. The fraction of sp³-hybridized carbons (Fsp3) is 0.400. The van der Waals surface area contributed by atoms with Crippen LogP contribution in [0.15, 0.2) is 23.2 Å². The van der Waals surface area contributed by atoms with Crippen LogP contribution in [-0.2, 0) is 14.8 Å². The van der Waals surface area contributed by atoms with E-state index in [-0.39, 0.29) is 11.4 Å². The maximum Gasteiger partial charge on any atom is 0.325 e. The topological polar surface area (TPSA) is 140 Å². The standard InChI is InChI=1S/C10H14N4O4S/c11-10(9(15)16)3-4-14(6-10)8-2-1-7(5-13-8)19(12,17)18/h1-2,5H,3-4,6,11H2,(H,15,16)(H2,12,17,18). The van der Waals surface area contributed by atoms with Crippen LogP contribution in [0.5, 0.6) is 0 Å². The van der Waals surface area contributed by atoms with E-state index >= 15 is 0 Å². The van der Waals surface area contributed by atoms with E-state index in [1.54, 1.807) is 4.90 Å². The summed E-state index contributed by atoms with van der Waals surface area (Å²) in [5.74, 6) is -0.586. The van der Waals surface area contributed by atoms with Crippen LogP contribution in [0, 0.1) is 0 Å². The molecule has 0 amide bonds. The lowest BCUT2D eigenvalue weighted by molar-refractivity contribution is -0.142. The van der Waals surface area contributed by atoms with Crippen molar-refractivity contribution in [2.24, 2.45) is 10.9 Å². The molecular formula is C10H14N4O4S. The molecule has 19 heavy (non-hydrogen) atoms. The summed E-state index contributed by atoms with van der Waals surface area (Å²) in [5.41, 5.74) is 4.45. The van der Waals surface area contributed by atoms with Gasteiger partial charge in [0.1, 0.15) is 16.3 Å². The molecular weight excluding hydrogens is 272 g/mol. The lowest BCUT2D eigenvalue weighted by Gasteiger charge is -2.20. The smallest absolute Gasteiger partial charge is 0.325 e. The van der Waals surface area contributed by atoms with Crippen LogP contribution in [0.3, 0.4) is 0 Å². The van der Waals surface area contributed by atoms with E-state index in [9.17, 15) is 13.2 Å². The summed E-state index contributed by atoms with van der Waals surface area (Å²) in [5, 5.41) is 14.0. The van der Waals surface area contributed by atoms with Gasteiger partial charge in [0.05, 0.1) is 0 Å². The van der Waals surface area contributed by atoms with Crippen molar-refractivity contribution in [2.75, 3.05) is 18.0 Å². The van der Waals surface area contributed by atoms with Crippen LogP contribution in [0.4, 0.5) is 5.82 Å². The number of carboxylic acids is 1. The molecule has 0 radical (unpaired) electrons. The highest BCUT2D eigenvalue weighted by atomic mass is 32.2. The third kappa shape index (κ3) is 2.67. The van der Waals surface area contributed by atoms with Gasteiger partial charge in [-0.05, 0) is 18.6 Å². The van der Waals surface area contributed by atoms with Gasteiger partial charge in [0.25, 0.3) is 0 Å². The van der Waals surface area contributed by atoms with Crippen molar-refractivity contribution in [1.82, 2.24) is 4.98 Å². The maximum absolute atomic E-state index is 11.1. The molecule has 0 aliphatic carbocycles. The average Bonchev–Trinajstić information content (AvgIpc) is 2.72. The number of pyridine rings is 1. The van der Waals surface area contributed by atoms with Gasteiger partial charge >= 0.3 is 5.97 Å². The Kier molecular flexibility index (Phi) is 3.20. The molecule has 1 atom stereocenters. The Bertz CT molecular complexity index is 600. The zero-order valence-corrected chi connectivity index (χ0v) is 10.8. The van der Waals surface area contributed by atoms with Crippen LogP contribution < -0.4 is 15.8 Å². The quantitative estimate of drug-likeness (QED) is 0.628. The van der Waals surface area contributed by atoms with Gasteiger partial charge in [-0.25, -0.2) is 18.5 Å². The second-order valence-corrected chi connectivity index (χ2v) is 6.09. The molecule has 0 spiro atoms. The molecule has 0 saturated carbocycles. The number of nitrogens with zero attached hydrogens (tertiary/aromatic N) is 2. The first-order valence-electron chi connectivity index (χ1n) is 5.48. The predicted molar refractivity (Wildman–Crippen MR) is 67.0 cm³/mol. The van der Waals surface area contributed by atoms with Gasteiger partial charge in [-0.1, -0.05) is 0 Å². The number of aliphatic carboxylic acids is 1. The van der Waals surface area contributed by atoms with E-state index in [2.05, 4.69) is 4.98 Å². The number of primary sulfonamides is 1. The molecule has 8 nitrogen and oxygen atoms in total. The third-order valence-corrected chi connectivity index (χ3v) is 4.00. The van der Waals surface area contributed by atoms with E-state index in [1.165, 1.54) is 12.1 Å². The molecule has 1 aliphatic rings. The minimum absolute atomic E-state index is 0.0901. The van der Waals surface area contributed by atoms with Crippen LogP contribution in [0.25, 0.3) is 0 Å². The summed E-state index contributed by atoms with van der Waals surface area (Å²) >= 11 is 0. The molecule has 0 bridgehead atoms. The van der Waals surface area contributed by atoms with Crippen molar-refractivity contribution in [3.05, 3.63) is 18.3 Å². The molecule has 0 aromatic carbocycles. The molecule has 1 aromatic rings. The van der Waals surface area contributed by atoms with Gasteiger partial charge in [0.15, 0.2) is 0 Å². The van der Waals surface area contributed by atoms with Crippen molar-refractivity contribution < 1.29 is 18.3 Å². The molecule has 1 fully saturated rings.